The Balaban J connectivity index is 0.00000220. The Morgan fingerprint density at radius 2 is 2.10 bits per heavy atom. The molecule has 7 heteroatoms. The summed E-state index contributed by atoms with van der Waals surface area (Å²) in [5.74, 6) is 0.0221. The normalized spacial score (nSPS) is 23.9. The average molecular weight is 320 g/mol. The van der Waals surface area contributed by atoms with Crippen LogP contribution in [-0.4, -0.2) is 62.1 Å². The molecule has 0 aromatic rings. The Morgan fingerprint density at radius 3 is 2.67 bits per heavy atom. The van der Waals surface area contributed by atoms with E-state index in [1.54, 1.807) is 4.90 Å². The van der Waals surface area contributed by atoms with Crippen LogP contribution in [0.4, 0.5) is 0 Å². The Kier molecular flexibility index (Phi) is 8.00. The van der Waals surface area contributed by atoms with Crippen molar-refractivity contribution in [3.05, 3.63) is 0 Å². The highest BCUT2D eigenvalue weighted by Crippen LogP contribution is 2.11. The lowest BCUT2D eigenvalue weighted by molar-refractivity contribution is -0.140. The van der Waals surface area contributed by atoms with Gasteiger partial charge in [-0.1, -0.05) is 6.92 Å². The van der Waals surface area contributed by atoms with Crippen molar-refractivity contribution in [1.82, 2.24) is 15.5 Å². The topological polar surface area (TPSA) is 70.7 Å². The van der Waals surface area contributed by atoms with E-state index in [1.165, 1.54) is 0 Å². The van der Waals surface area contributed by atoms with Gasteiger partial charge in [-0.25, -0.2) is 0 Å². The molecule has 21 heavy (non-hydrogen) atoms. The maximum atomic E-state index is 12.4. The molecule has 2 heterocycles. The highest BCUT2D eigenvalue weighted by Gasteiger charge is 2.28. The molecule has 2 aliphatic rings. The lowest BCUT2D eigenvalue weighted by Gasteiger charge is -2.31. The second-order valence-corrected chi connectivity index (χ2v) is 5.45. The third-order valence-electron chi connectivity index (χ3n) is 4.01. The number of nitrogens with one attached hydrogen (secondary N) is 2. The lowest BCUT2D eigenvalue weighted by Crippen LogP contribution is -2.53. The van der Waals surface area contributed by atoms with Crippen LogP contribution >= 0.6 is 12.4 Å². The summed E-state index contributed by atoms with van der Waals surface area (Å²) in [6.45, 7) is 6.04. The molecule has 0 radical (unpaired) electrons. The van der Waals surface area contributed by atoms with Gasteiger partial charge in [0.15, 0.2) is 0 Å². The first-order valence-electron chi connectivity index (χ1n) is 7.60. The summed E-state index contributed by atoms with van der Waals surface area (Å²) in [4.78, 5) is 26.4. The monoisotopic (exact) mass is 319 g/mol. The summed E-state index contributed by atoms with van der Waals surface area (Å²) in [7, 11) is 0. The molecule has 2 fully saturated rings. The van der Waals surface area contributed by atoms with Gasteiger partial charge in [-0.3, -0.25) is 9.59 Å². The molecule has 0 spiro atoms. The van der Waals surface area contributed by atoms with E-state index in [4.69, 9.17) is 4.74 Å². The first-order valence-corrected chi connectivity index (χ1v) is 7.60. The number of rotatable bonds is 4. The minimum atomic E-state index is -0.400. The molecule has 2 amide bonds. The van der Waals surface area contributed by atoms with E-state index < -0.39 is 6.04 Å². The fraction of sp³-hybridized carbons (Fsp3) is 0.857. The largest absolute Gasteiger partial charge is 0.378 e. The van der Waals surface area contributed by atoms with Gasteiger partial charge in [0, 0.05) is 19.6 Å². The van der Waals surface area contributed by atoms with Gasteiger partial charge < -0.3 is 20.3 Å². The van der Waals surface area contributed by atoms with Gasteiger partial charge in [-0.2, -0.15) is 0 Å². The number of halogens is 1. The van der Waals surface area contributed by atoms with Crippen molar-refractivity contribution in [3.63, 3.8) is 0 Å². The first-order chi connectivity index (χ1) is 9.72. The van der Waals surface area contributed by atoms with Crippen molar-refractivity contribution in [2.75, 3.05) is 39.4 Å². The first kappa shape index (κ1) is 18.2. The van der Waals surface area contributed by atoms with Crippen LogP contribution in [0.5, 0.6) is 0 Å². The fourth-order valence-electron chi connectivity index (χ4n) is 2.71. The van der Waals surface area contributed by atoms with E-state index >= 15 is 0 Å². The third-order valence-corrected chi connectivity index (χ3v) is 4.01. The van der Waals surface area contributed by atoms with Crippen LogP contribution in [0.1, 0.15) is 26.2 Å². The van der Waals surface area contributed by atoms with Crippen LogP contribution in [0.3, 0.4) is 0 Å². The highest BCUT2D eigenvalue weighted by molar-refractivity contribution is 5.88. The predicted octanol–water partition coefficient (Wildman–Crippen LogP) is 0.161. The zero-order valence-electron chi connectivity index (χ0n) is 12.6. The Hall–Kier alpha value is -0.850. The van der Waals surface area contributed by atoms with Crippen LogP contribution in [-0.2, 0) is 14.3 Å². The van der Waals surface area contributed by atoms with Crippen LogP contribution in [0.25, 0.3) is 0 Å². The Bertz CT molecular complexity index is 342. The van der Waals surface area contributed by atoms with Gasteiger partial charge in [0.25, 0.3) is 0 Å². The van der Waals surface area contributed by atoms with Crippen LogP contribution in [0, 0.1) is 5.92 Å². The Labute approximate surface area is 132 Å². The van der Waals surface area contributed by atoms with Crippen molar-refractivity contribution >= 4 is 24.2 Å². The molecule has 0 saturated carbocycles. The summed E-state index contributed by atoms with van der Waals surface area (Å²) in [5, 5.41) is 6.15. The molecule has 6 nitrogen and oxygen atoms in total. The maximum Gasteiger partial charge on any atom is 0.245 e. The van der Waals surface area contributed by atoms with Crippen molar-refractivity contribution in [1.29, 1.82) is 0 Å². The molecule has 0 aromatic carbocycles. The van der Waals surface area contributed by atoms with Crippen LogP contribution < -0.4 is 10.6 Å². The van der Waals surface area contributed by atoms with E-state index in [0.717, 1.165) is 19.4 Å². The van der Waals surface area contributed by atoms with E-state index in [2.05, 4.69) is 10.6 Å². The molecule has 0 bridgehead atoms. The van der Waals surface area contributed by atoms with E-state index in [-0.39, 0.29) is 30.1 Å². The van der Waals surface area contributed by atoms with Gasteiger partial charge in [-0.05, 0) is 25.8 Å². The lowest BCUT2D eigenvalue weighted by atomic mass is 9.98. The zero-order valence-corrected chi connectivity index (χ0v) is 13.4. The molecule has 122 valence electrons. The smallest absolute Gasteiger partial charge is 0.245 e. The number of carbonyl (C=O) groups is 2. The summed E-state index contributed by atoms with van der Waals surface area (Å²) in [6, 6.07) is -0.400. The molecule has 2 atom stereocenters. The molecular weight excluding hydrogens is 294 g/mol. The van der Waals surface area contributed by atoms with Crippen molar-refractivity contribution < 1.29 is 14.3 Å². The van der Waals surface area contributed by atoms with Gasteiger partial charge >= 0.3 is 0 Å². The second kappa shape index (κ2) is 9.23. The summed E-state index contributed by atoms with van der Waals surface area (Å²) < 4.78 is 5.25. The van der Waals surface area contributed by atoms with E-state index in [1.807, 2.05) is 6.92 Å². The number of morpholine rings is 1. The number of nitrogens with zero attached hydrogens (tertiary/aromatic N) is 1. The van der Waals surface area contributed by atoms with Crippen molar-refractivity contribution in [2.45, 2.75) is 32.2 Å². The number of hydrogen-bond donors (Lipinski definition) is 2. The number of piperidine rings is 1. The Morgan fingerprint density at radius 1 is 1.38 bits per heavy atom. The standard InChI is InChI=1S/C14H25N3O3.ClH/c1-2-12(14(19)17-6-8-20-9-7-17)16-13(18)11-4-3-5-15-10-11;/h11-12,15H,2-10H2,1H3,(H,16,18);1H. The third kappa shape index (κ3) is 5.13. The summed E-state index contributed by atoms with van der Waals surface area (Å²) in [6.07, 6.45) is 2.55. The number of ether oxygens (including phenoxy) is 1. The second-order valence-electron chi connectivity index (χ2n) is 5.45. The SMILES string of the molecule is CCC(NC(=O)C1CCCNC1)C(=O)N1CCOCC1.Cl. The number of carbonyl (C=O) groups excluding carboxylic acids is 2. The minimum Gasteiger partial charge on any atom is -0.378 e. The van der Waals surface area contributed by atoms with Gasteiger partial charge in [0.2, 0.25) is 11.8 Å². The number of hydrogen-bond acceptors (Lipinski definition) is 4. The molecule has 2 aliphatic heterocycles. The van der Waals surface area contributed by atoms with Crippen LogP contribution in [0.15, 0.2) is 0 Å². The highest BCUT2D eigenvalue weighted by atomic mass is 35.5. The summed E-state index contributed by atoms with van der Waals surface area (Å²) in [5.41, 5.74) is 0. The summed E-state index contributed by atoms with van der Waals surface area (Å²) >= 11 is 0. The molecule has 0 aliphatic carbocycles. The van der Waals surface area contributed by atoms with Gasteiger partial charge in [0.1, 0.15) is 6.04 Å². The molecule has 2 unspecified atom stereocenters. The minimum absolute atomic E-state index is 0. The molecule has 2 rings (SSSR count). The van der Waals surface area contributed by atoms with E-state index in [9.17, 15) is 9.59 Å². The predicted molar refractivity (Wildman–Crippen MR) is 82.5 cm³/mol. The molecule has 2 saturated heterocycles. The van der Waals surface area contributed by atoms with Crippen molar-refractivity contribution in [2.24, 2.45) is 5.92 Å². The number of amides is 2. The molecule has 2 N–H and O–H groups in total. The molecular formula is C14H26ClN3O3. The maximum absolute atomic E-state index is 12.4. The molecule has 0 aromatic heterocycles. The average Bonchev–Trinajstić information content (AvgIpc) is 2.53. The van der Waals surface area contributed by atoms with E-state index in [0.29, 0.717) is 39.3 Å². The zero-order chi connectivity index (χ0) is 14.4. The van der Waals surface area contributed by atoms with Crippen molar-refractivity contribution in [3.8, 4) is 0 Å². The quantitative estimate of drug-likeness (QED) is 0.774. The van der Waals surface area contributed by atoms with Gasteiger partial charge in [-0.15, -0.1) is 12.4 Å². The van der Waals surface area contributed by atoms with Gasteiger partial charge in [0.05, 0.1) is 19.1 Å². The van der Waals surface area contributed by atoms with Crippen LogP contribution in [0.2, 0.25) is 0 Å². The fourth-order valence-corrected chi connectivity index (χ4v) is 2.71.